The lowest BCUT2D eigenvalue weighted by Crippen LogP contribution is -2.38. The van der Waals surface area contributed by atoms with E-state index in [1.165, 1.54) is 0 Å². The number of hydrogen-bond donors (Lipinski definition) is 1. The summed E-state index contributed by atoms with van der Waals surface area (Å²) in [6, 6.07) is 7.06. The van der Waals surface area contributed by atoms with Crippen LogP contribution in [0.1, 0.15) is 17.3 Å². The molecule has 1 aromatic carbocycles. The maximum absolute atomic E-state index is 12.9. The Labute approximate surface area is 133 Å². The van der Waals surface area contributed by atoms with Gasteiger partial charge in [0.15, 0.2) is 5.78 Å². The molecule has 0 bridgehead atoms. The molecule has 1 N–H and O–H groups in total. The quantitative estimate of drug-likeness (QED) is 0.882. The number of carbonyl (C=O) groups is 2. The van der Waals surface area contributed by atoms with Crippen LogP contribution >= 0.6 is 0 Å². The fourth-order valence-electron chi connectivity index (χ4n) is 2.80. The lowest BCUT2D eigenvalue weighted by molar-refractivity contribution is -0.142. The molecule has 2 aromatic rings. The molecule has 1 heterocycles. The Morgan fingerprint density at radius 2 is 1.96 bits per heavy atom. The molecule has 23 heavy (non-hydrogen) atoms. The molecule has 3 rings (SSSR count). The zero-order chi connectivity index (χ0) is 16.4. The lowest BCUT2D eigenvalue weighted by Gasteiger charge is -2.31. The van der Waals surface area contributed by atoms with Crippen LogP contribution in [0.5, 0.6) is 0 Å². The van der Waals surface area contributed by atoms with Crippen molar-refractivity contribution < 1.29 is 14.7 Å². The second-order valence-corrected chi connectivity index (χ2v) is 5.69. The van der Waals surface area contributed by atoms with Crippen molar-refractivity contribution in [3.8, 4) is 5.69 Å². The highest BCUT2D eigenvalue weighted by atomic mass is 16.4. The number of aromatic nitrogens is 2. The van der Waals surface area contributed by atoms with Gasteiger partial charge in [0.25, 0.3) is 0 Å². The van der Waals surface area contributed by atoms with Crippen LogP contribution in [0.3, 0.4) is 0 Å². The monoisotopic (exact) mass is 308 g/mol. The van der Waals surface area contributed by atoms with E-state index in [1.807, 2.05) is 22.9 Å². The molecule has 0 spiro atoms. The predicted molar refractivity (Wildman–Crippen MR) is 85.4 cm³/mol. The lowest BCUT2D eigenvalue weighted by atomic mass is 9.69. The average molecular weight is 308 g/mol. The van der Waals surface area contributed by atoms with Gasteiger partial charge >= 0.3 is 5.97 Å². The first-order valence-corrected chi connectivity index (χ1v) is 7.24. The second kappa shape index (κ2) is 5.68. The van der Waals surface area contributed by atoms with Crippen LogP contribution in [0.2, 0.25) is 0 Å². The number of carbonyl (C=O) groups excluding carboxylic acids is 1. The molecule has 0 fully saturated rings. The van der Waals surface area contributed by atoms with Crippen LogP contribution in [0.15, 0.2) is 67.3 Å². The maximum Gasteiger partial charge on any atom is 0.311 e. The summed E-state index contributed by atoms with van der Waals surface area (Å²) in [7, 11) is 0. The van der Waals surface area contributed by atoms with E-state index in [1.54, 1.807) is 55.9 Å². The van der Waals surface area contributed by atoms with Gasteiger partial charge in [-0.05, 0) is 31.2 Å². The minimum absolute atomic E-state index is 0.206. The van der Waals surface area contributed by atoms with Crippen LogP contribution in [-0.2, 0) is 4.79 Å². The van der Waals surface area contributed by atoms with Crippen molar-refractivity contribution >= 4 is 11.8 Å². The first kappa shape index (κ1) is 15.0. The summed E-state index contributed by atoms with van der Waals surface area (Å²) in [6.45, 7) is 1.66. The zero-order valence-corrected chi connectivity index (χ0v) is 12.6. The van der Waals surface area contributed by atoms with E-state index in [0.29, 0.717) is 5.56 Å². The van der Waals surface area contributed by atoms with Gasteiger partial charge in [-0.25, -0.2) is 4.98 Å². The van der Waals surface area contributed by atoms with Crippen LogP contribution in [0.4, 0.5) is 0 Å². The van der Waals surface area contributed by atoms with Gasteiger partial charge in [0.2, 0.25) is 0 Å². The zero-order valence-electron chi connectivity index (χ0n) is 12.6. The normalized spacial score (nSPS) is 22.9. The molecule has 1 aromatic heterocycles. The summed E-state index contributed by atoms with van der Waals surface area (Å²) in [6.07, 6.45) is 11.8. The average Bonchev–Trinajstić information content (AvgIpc) is 3.09. The van der Waals surface area contributed by atoms with E-state index < -0.39 is 17.3 Å². The van der Waals surface area contributed by atoms with Gasteiger partial charge in [0.1, 0.15) is 0 Å². The highest BCUT2D eigenvalue weighted by Gasteiger charge is 2.43. The van der Waals surface area contributed by atoms with Gasteiger partial charge in [0, 0.05) is 23.6 Å². The molecule has 0 radical (unpaired) electrons. The molecule has 0 saturated heterocycles. The molecule has 2 atom stereocenters. The van der Waals surface area contributed by atoms with Crippen LogP contribution in [-0.4, -0.2) is 26.4 Å². The van der Waals surface area contributed by atoms with Gasteiger partial charge in [-0.1, -0.05) is 24.3 Å². The molecule has 5 nitrogen and oxygen atoms in total. The van der Waals surface area contributed by atoms with Gasteiger partial charge in [-0.2, -0.15) is 0 Å². The summed E-state index contributed by atoms with van der Waals surface area (Å²) >= 11 is 0. The van der Waals surface area contributed by atoms with Gasteiger partial charge in [0.05, 0.1) is 17.7 Å². The third kappa shape index (κ3) is 2.61. The third-order valence-corrected chi connectivity index (χ3v) is 4.19. The number of nitrogens with zero attached hydrogens (tertiary/aromatic N) is 2. The molecule has 2 unspecified atom stereocenters. The Balaban J connectivity index is 1.92. The fourth-order valence-corrected chi connectivity index (χ4v) is 2.80. The number of benzene rings is 1. The fraction of sp³-hybridized carbons (Fsp3) is 0.167. The standard InChI is InChI=1S/C18H16N2O3/c1-18(9-3-2-4-15(18)17(22)23)16(21)13-5-7-14(8-6-13)20-11-10-19-12-20/h2-12,15H,1H3,(H,22,23). The van der Waals surface area contributed by atoms with Gasteiger partial charge in [-0.3, -0.25) is 9.59 Å². The number of rotatable bonds is 4. The van der Waals surface area contributed by atoms with Crippen molar-refractivity contribution in [3.63, 3.8) is 0 Å². The van der Waals surface area contributed by atoms with Gasteiger partial charge < -0.3 is 9.67 Å². The second-order valence-electron chi connectivity index (χ2n) is 5.69. The van der Waals surface area contributed by atoms with Gasteiger partial charge in [-0.15, -0.1) is 0 Å². The number of carboxylic acid groups (broad SMARTS) is 1. The number of allylic oxidation sites excluding steroid dienone is 3. The van der Waals surface area contributed by atoms with Crippen molar-refractivity contribution in [3.05, 3.63) is 72.9 Å². The Kier molecular flexibility index (Phi) is 3.70. The first-order chi connectivity index (χ1) is 11.0. The minimum atomic E-state index is -1.09. The maximum atomic E-state index is 12.9. The van der Waals surface area contributed by atoms with Crippen molar-refractivity contribution in [2.45, 2.75) is 6.92 Å². The molecule has 116 valence electrons. The summed E-state index contributed by atoms with van der Waals surface area (Å²) in [5, 5.41) is 9.39. The summed E-state index contributed by atoms with van der Waals surface area (Å²) in [5.74, 6) is -2.08. The Morgan fingerprint density at radius 3 is 2.57 bits per heavy atom. The summed E-state index contributed by atoms with van der Waals surface area (Å²) in [4.78, 5) is 28.3. The first-order valence-electron chi connectivity index (χ1n) is 7.24. The molecule has 1 aliphatic carbocycles. The molecule has 0 amide bonds. The smallest absolute Gasteiger partial charge is 0.311 e. The molecule has 0 aliphatic heterocycles. The van der Waals surface area contributed by atoms with Crippen LogP contribution in [0, 0.1) is 11.3 Å². The van der Waals surface area contributed by atoms with Crippen molar-refractivity contribution in [1.29, 1.82) is 0 Å². The number of hydrogen-bond acceptors (Lipinski definition) is 3. The summed E-state index contributed by atoms with van der Waals surface area (Å²) in [5.41, 5.74) is 0.289. The van der Waals surface area contributed by atoms with Crippen molar-refractivity contribution in [1.82, 2.24) is 9.55 Å². The minimum Gasteiger partial charge on any atom is -0.481 e. The number of imidazole rings is 1. The van der Waals surface area contributed by atoms with E-state index in [9.17, 15) is 14.7 Å². The highest BCUT2D eigenvalue weighted by Crippen LogP contribution is 2.37. The number of aliphatic carboxylic acids is 1. The van der Waals surface area contributed by atoms with Crippen molar-refractivity contribution in [2.75, 3.05) is 0 Å². The van der Waals surface area contributed by atoms with E-state index in [-0.39, 0.29) is 5.78 Å². The molecule has 1 aliphatic rings. The predicted octanol–water partition coefficient (Wildman–Crippen LogP) is 2.89. The Morgan fingerprint density at radius 1 is 1.22 bits per heavy atom. The van der Waals surface area contributed by atoms with Crippen molar-refractivity contribution in [2.24, 2.45) is 11.3 Å². The highest BCUT2D eigenvalue weighted by molar-refractivity contribution is 6.04. The number of ketones is 1. The Bertz CT molecular complexity index is 788. The Hall–Kier alpha value is -2.95. The van der Waals surface area contributed by atoms with E-state index in [0.717, 1.165) is 5.69 Å². The molecular formula is C18H16N2O3. The number of carboxylic acids is 1. The molecule has 0 saturated carbocycles. The molecule has 5 heteroatoms. The van der Waals surface area contributed by atoms with E-state index >= 15 is 0 Å². The van der Waals surface area contributed by atoms with Crippen LogP contribution < -0.4 is 0 Å². The summed E-state index contributed by atoms with van der Waals surface area (Å²) < 4.78 is 1.83. The molecular weight excluding hydrogens is 292 g/mol. The van der Waals surface area contributed by atoms with Crippen LogP contribution in [0.25, 0.3) is 5.69 Å². The topological polar surface area (TPSA) is 72.2 Å². The largest absolute Gasteiger partial charge is 0.481 e. The number of Topliss-reactive ketones (excluding diaryl/α,β-unsaturated/α-hetero) is 1. The van der Waals surface area contributed by atoms with E-state index in [2.05, 4.69) is 4.98 Å². The third-order valence-electron chi connectivity index (χ3n) is 4.19. The van der Waals surface area contributed by atoms with E-state index in [4.69, 9.17) is 0 Å². The SMILES string of the molecule is CC1(C(=O)c2ccc(-n3ccnc3)cc2)C=CC=CC1C(=O)O.